The molecule has 0 aliphatic heterocycles. The number of imidazole rings is 1. The standard InChI is InChI=1S/C15H14N2O2/c1-10-6-7-13-12(8-10)16-15(19)17(13)9-11-4-2-3-5-14(11)18/h2-8,18H,9H2,1H3,(H,16,19). The van der Waals surface area contributed by atoms with E-state index in [1.54, 1.807) is 16.7 Å². The fourth-order valence-electron chi connectivity index (χ4n) is 2.25. The first-order valence-corrected chi connectivity index (χ1v) is 6.11. The van der Waals surface area contributed by atoms with Crippen molar-refractivity contribution in [3.8, 4) is 5.75 Å². The molecule has 96 valence electrons. The van der Waals surface area contributed by atoms with Crippen molar-refractivity contribution in [1.82, 2.24) is 9.55 Å². The van der Waals surface area contributed by atoms with Crippen LogP contribution in [0.1, 0.15) is 11.1 Å². The van der Waals surface area contributed by atoms with Crippen molar-refractivity contribution < 1.29 is 5.11 Å². The maximum Gasteiger partial charge on any atom is 0.326 e. The third kappa shape index (κ3) is 2.01. The fraction of sp³-hybridized carbons (Fsp3) is 0.133. The lowest BCUT2D eigenvalue weighted by molar-refractivity contribution is 0.466. The number of hydrogen-bond donors (Lipinski definition) is 2. The summed E-state index contributed by atoms with van der Waals surface area (Å²) in [6.45, 7) is 2.34. The Hall–Kier alpha value is -2.49. The van der Waals surface area contributed by atoms with Crippen LogP contribution in [0.4, 0.5) is 0 Å². The van der Waals surface area contributed by atoms with Gasteiger partial charge in [0.15, 0.2) is 0 Å². The summed E-state index contributed by atoms with van der Waals surface area (Å²) in [6.07, 6.45) is 0. The number of fused-ring (bicyclic) bond motifs is 1. The molecule has 0 amide bonds. The molecule has 0 saturated heterocycles. The lowest BCUT2D eigenvalue weighted by Gasteiger charge is -2.05. The Morgan fingerprint density at radius 3 is 2.79 bits per heavy atom. The summed E-state index contributed by atoms with van der Waals surface area (Å²) in [7, 11) is 0. The molecule has 2 aromatic carbocycles. The van der Waals surface area contributed by atoms with Gasteiger partial charge in [-0.2, -0.15) is 0 Å². The van der Waals surface area contributed by atoms with Crippen molar-refractivity contribution in [1.29, 1.82) is 0 Å². The van der Waals surface area contributed by atoms with Gasteiger partial charge in [0, 0.05) is 5.56 Å². The molecule has 1 aromatic heterocycles. The summed E-state index contributed by atoms with van der Waals surface area (Å²) in [4.78, 5) is 14.8. The molecule has 1 heterocycles. The lowest BCUT2D eigenvalue weighted by Crippen LogP contribution is -2.17. The number of nitrogens with one attached hydrogen (secondary N) is 1. The van der Waals surface area contributed by atoms with Crippen molar-refractivity contribution in [2.75, 3.05) is 0 Å². The summed E-state index contributed by atoms with van der Waals surface area (Å²) < 4.78 is 1.63. The number of phenols is 1. The number of phenolic OH excluding ortho intramolecular Hbond substituents is 1. The van der Waals surface area contributed by atoms with Crippen LogP contribution < -0.4 is 5.69 Å². The molecule has 0 radical (unpaired) electrons. The second-order valence-electron chi connectivity index (χ2n) is 4.67. The summed E-state index contributed by atoms with van der Waals surface area (Å²) >= 11 is 0. The predicted octanol–water partition coefficient (Wildman–Crippen LogP) is 2.39. The number of hydrogen-bond acceptors (Lipinski definition) is 2. The molecule has 0 saturated carbocycles. The molecule has 2 N–H and O–H groups in total. The zero-order valence-electron chi connectivity index (χ0n) is 10.6. The Morgan fingerprint density at radius 2 is 2.00 bits per heavy atom. The highest BCUT2D eigenvalue weighted by atomic mass is 16.3. The van der Waals surface area contributed by atoms with Gasteiger partial charge in [-0.3, -0.25) is 4.57 Å². The van der Waals surface area contributed by atoms with E-state index in [9.17, 15) is 9.90 Å². The van der Waals surface area contributed by atoms with Gasteiger partial charge in [0.25, 0.3) is 0 Å². The second-order valence-corrected chi connectivity index (χ2v) is 4.67. The number of rotatable bonds is 2. The molecular formula is C15H14N2O2. The van der Waals surface area contributed by atoms with Gasteiger partial charge < -0.3 is 10.1 Å². The van der Waals surface area contributed by atoms with Gasteiger partial charge in [-0.05, 0) is 30.7 Å². The maximum atomic E-state index is 12.0. The quantitative estimate of drug-likeness (QED) is 0.737. The molecule has 0 atom stereocenters. The van der Waals surface area contributed by atoms with Crippen LogP contribution >= 0.6 is 0 Å². The van der Waals surface area contributed by atoms with E-state index in [1.165, 1.54) is 0 Å². The van der Waals surface area contributed by atoms with E-state index in [-0.39, 0.29) is 11.4 Å². The van der Waals surface area contributed by atoms with E-state index >= 15 is 0 Å². The number of para-hydroxylation sites is 1. The van der Waals surface area contributed by atoms with Crippen LogP contribution in [0.15, 0.2) is 47.3 Å². The van der Waals surface area contributed by atoms with E-state index in [2.05, 4.69) is 4.98 Å². The average Bonchev–Trinajstić information content (AvgIpc) is 2.68. The van der Waals surface area contributed by atoms with Crippen LogP contribution in [0.5, 0.6) is 5.75 Å². The van der Waals surface area contributed by atoms with Crippen molar-refractivity contribution in [2.45, 2.75) is 13.5 Å². The normalized spacial score (nSPS) is 11.0. The molecule has 4 heteroatoms. The van der Waals surface area contributed by atoms with Crippen LogP contribution in [-0.2, 0) is 6.54 Å². The molecule has 19 heavy (non-hydrogen) atoms. The van der Waals surface area contributed by atoms with Crippen LogP contribution in [-0.4, -0.2) is 14.7 Å². The summed E-state index contributed by atoms with van der Waals surface area (Å²) in [6, 6.07) is 12.9. The van der Waals surface area contributed by atoms with E-state index in [0.717, 1.165) is 22.2 Å². The zero-order valence-corrected chi connectivity index (χ0v) is 10.6. The van der Waals surface area contributed by atoms with E-state index in [4.69, 9.17) is 0 Å². The largest absolute Gasteiger partial charge is 0.508 e. The Kier molecular flexibility index (Phi) is 2.63. The molecule has 0 aliphatic carbocycles. The smallest absolute Gasteiger partial charge is 0.326 e. The maximum absolute atomic E-state index is 12.0. The molecule has 4 nitrogen and oxygen atoms in total. The van der Waals surface area contributed by atoms with Gasteiger partial charge in [0.05, 0.1) is 17.6 Å². The van der Waals surface area contributed by atoms with Gasteiger partial charge in [0.1, 0.15) is 5.75 Å². The highest BCUT2D eigenvalue weighted by Crippen LogP contribution is 2.19. The fourth-order valence-corrected chi connectivity index (χ4v) is 2.25. The number of H-pyrrole nitrogens is 1. The number of aromatic nitrogens is 2. The van der Waals surface area contributed by atoms with Crippen molar-refractivity contribution >= 4 is 11.0 Å². The molecule has 0 unspecified atom stereocenters. The number of aryl methyl sites for hydroxylation is 1. The van der Waals surface area contributed by atoms with Crippen molar-refractivity contribution in [3.05, 3.63) is 64.1 Å². The molecular weight excluding hydrogens is 240 g/mol. The van der Waals surface area contributed by atoms with E-state index < -0.39 is 0 Å². The molecule has 0 fully saturated rings. The van der Waals surface area contributed by atoms with Crippen LogP contribution in [0, 0.1) is 6.92 Å². The Bertz CT molecular complexity index is 799. The minimum atomic E-state index is -0.163. The molecule has 0 aliphatic rings. The van der Waals surface area contributed by atoms with Gasteiger partial charge in [-0.25, -0.2) is 4.79 Å². The van der Waals surface area contributed by atoms with Crippen molar-refractivity contribution in [3.63, 3.8) is 0 Å². The molecule has 0 spiro atoms. The molecule has 3 rings (SSSR count). The Balaban J connectivity index is 2.13. The Morgan fingerprint density at radius 1 is 1.21 bits per heavy atom. The van der Waals surface area contributed by atoms with Gasteiger partial charge in [0.2, 0.25) is 0 Å². The average molecular weight is 254 g/mol. The topological polar surface area (TPSA) is 58.0 Å². The molecule has 3 aromatic rings. The first-order chi connectivity index (χ1) is 9.15. The summed E-state index contributed by atoms with van der Waals surface area (Å²) in [5, 5.41) is 9.79. The SMILES string of the molecule is Cc1ccc2c(c1)[nH]c(=O)n2Cc1ccccc1O. The number of benzene rings is 2. The highest BCUT2D eigenvalue weighted by Gasteiger charge is 2.09. The predicted molar refractivity (Wildman–Crippen MR) is 74.5 cm³/mol. The highest BCUT2D eigenvalue weighted by molar-refractivity contribution is 5.76. The number of nitrogens with zero attached hydrogens (tertiary/aromatic N) is 1. The molecule has 0 bridgehead atoms. The first-order valence-electron chi connectivity index (χ1n) is 6.11. The van der Waals surface area contributed by atoms with Crippen molar-refractivity contribution in [2.24, 2.45) is 0 Å². The lowest BCUT2D eigenvalue weighted by atomic mass is 10.2. The van der Waals surface area contributed by atoms with Gasteiger partial charge in [-0.15, -0.1) is 0 Å². The summed E-state index contributed by atoms with van der Waals surface area (Å²) in [5.74, 6) is 0.205. The Labute approximate surface area is 109 Å². The third-order valence-corrected chi connectivity index (χ3v) is 3.25. The van der Waals surface area contributed by atoms with Gasteiger partial charge in [-0.1, -0.05) is 24.3 Å². The summed E-state index contributed by atoms with van der Waals surface area (Å²) in [5.41, 5.74) is 3.33. The minimum Gasteiger partial charge on any atom is -0.508 e. The second kappa shape index (κ2) is 4.31. The van der Waals surface area contributed by atoms with Crippen LogP contribution in [0.25, 0.3) is 11.0 Å². The first kappa shape index (κ1) is 11.6. The third-order valence-electron chi connectivity index (χ3n) is 3.25. The van der Waals surface area contributed by atoms with Crippen LogP contribution in [0.2, 0.25) is 0 Å². The number of aromatic amines is 1. The number of aromatic hydroxyl groups is 1. The minimum absolute atomic E-state index is 0.163. The van der Waals surface area contributed by atoms with Crippen LogP contribution in [0.3, 0.4) is 0 Å². The monoisotopic (exact) mass is 254 g/mol. The van der Waals surface area contributed by atoms with Gasteiger partial charge >= 0.3 is 5.69 Å². The van der Waals surface area contributed by atoms with E-state index in [1.807, 2.05) is 37.3 Å². The van der Waals surface area contributed by atoms with E-state index in [0.29, 0.717) is 6.54 Å². The zero-order chi connectivity index (χ0) is 13.4.